The fraction of sp³-hybridized carbons (Fsp3) is 0.294. The lowest BCUT2D eigenvalue weighted by Gasteiger charge is -2.22. The van der Waals surface area contributed by atoms with E-state index < -0.39 is 0 Å². The van der Waals surface area contributed by atoms with Crippen molar-refractivity contribution < 1.29 is 10.2 Å². The van der Waals surface area contributed by atoms with Gasteiger partial charge < -0.3 is 20.4 Å². The normalized spacial score (nSPS) is 10.4. The number of hydrogen-bond acceptors (Lipinski definition) is 4. The highest BCUT2D eigenvalue weighted by molar-refractivity contribution is 5.55. The first kappa shape index (κ1) is 15.2. The van der Waals surface area contributed by atoms with Crippen molar-refractivity contribution in [1.82, 2.24) is 0 Å². The van der Waals surface area contributed by atoms with Gasteiger partial charge in [0, 0.05) is 31.0 Å². The number of likely N-dealkylation sites (N-methyl/N-ethyl adjacent to an activating group) is 1. The Bertz CT molecular complexity index is 555. The van der Waals surface area contributed by atoms with Gasteiger partial charge in [-0.05, 0) is 48.9 Å². The molecule has 21 heavy (non-hydrogen) atoms. The first-order chi connectivity index (χ1) is 10.2. The number of phenols is 1. The van der Waals surface area contributed by atoms with Gasteiger partial charge in [0.2, 0.25) is 0 Å². The molecule has 0 saturated heterocycles. The van der Waals surface area contributed by atoms with Crippen LogP contribution in [-0.2, 0) is 6.54 Å². The molecule has 0 aliphatic rings. The van der Waals surface area contributed by atoms with Crippen LogP contribution in [0.3, 0.4) is 0 Å². The second-order valence-corrected chi connectivity index (χ2v) is 4.87. The predicted octanol–water partition coefficient (Wildman–Crippen LogP) is 2.82. The lowest BCUT2D eigenvalue weighted by Crippen LogP contribution is -2.25. The van der Waals surface area contributed by atoms with Crippen molar-refractivity contribution in [3.8, 4) is 5.75 Å². The van der Waals surface area contributed by atoms with Crippen LogP contribution in [0.25, 0.3) is 0 Å². The summed E-state index contributed by atoms with van der Waals surface area (Å²) in [4.78, 5) is 2.12. The molecule has 0 aromatic heterocycles. The summed E-state index contributed by atoms with van der Waals surface area (Å²) in [5.41, 5.74) is 3.17. The van der Waals surface area contributed by atoms with Gasteiger partial charge in [-0.1, -0.05) is 12.1 Å². The van der Waals surface area contributed by atoms with E-state index in [9.17, 15) is 5.11 Å². The summed E-state index contributed by atoms with van der Waals surface area (Å²) >= 11 is 0. The van der Waals surface area contributed by atoms with E-state index in [0.717, 1.165) is 23.5 Å². The molecule has 0 saturated carbocycles. The van der Waals surface area contributed by atoms with Crippen LogP contribution in [-0.4, -0.2) is 29.9 Å². The number of hydrogen-bond donors (Lipinski definition) is 3. The number of anilines is 2. The van der Waals surface area contributed by atoms with Gasteiger partial charge in [0.25, 0.3) is 0 Å². The van der Waals surface area contributed by atoms with E-state index in [2.05, 4.69) is 17.1 Å². The van der Waals surface area contributed by atoms with Gasteiger partial charge in [-0.15, -0.1) is 0 Å². The van der Waals surface area contributed by atoms with Crippen LogP contribution >= 0.6 is 0 Å². The molecule has 0 bridgehead atoms. The van der Waals surface area contributed by atoms with Crippen LogP contribution in [0.15, 0.2) is 48.5 Å². The Balaban J connectivity index is 1.96. The summed E-state index contributed by atoms with van der Waals surface area (Å²) in [7, 11) is 0. The van der Waals surface area contributed by atoms with E-state index in [1.165, 1.54) is 0 Å². The minimum atomic E-state index is 0.158. The quantitative estimate of drug-likeness (QED) is 0.732. The largest absolute Gasteiger partial charge is 0.508 e. The van der Waals surface area contributed by atoms with Crippen molar-refractivity contribution in [2.45, 2.75) is 13.5 Å². The Morgan fingerprint density at radius 2 is 1.86 bits per heavy atom. The van der Waals surface area contributed by atoms with Crippen molar-refractivity contribution in [3.05, 3.63) is 54.1 Å². The van der Waals surface area contributed by atoms with E-state index in [-0.39, 0.29) is 12.4 Å². The Hall–Kier alpha value is -2.20. The number of aliphatic hydroxyl groups is 1. The molecule has 0 heterocycles. The van der Waals surface area contributed by atoms with Gasteiger partial charge in [0.1, 0.15) is 5.75 Å². The molecule has 0 radical (unpaired) electrons. The van der Waals surface area contributed by atoms with Crippen molar-refractivity contribution in [3.63, 3.8) is 0 Å². The van der Waals surface area contributed by atoms with Crippen LogP contribution < -0.4 is 10.2 Å². The van der Waals surface area contributed by atoms with Crippen molar-refractivity contribution in [1.29, 1.82) is 0 Å². The summed E-state index contributed by atoms with van der Waals surface area (Å²) in [6.07, 6.45) is 0. The van der Waals surface area contributed by atoms with Crippen LogP contribution in [0.4, 0.5) is 11.4 Å². The number of benzene rings is 2. The molecule has 112 valence electrons. The highest BCUT2D eigenvalue weighted by atomic mass is 16.3. The zero-order chi connectivity index (χ0) is 15.1. The molecular formula is C17H22N2O2. The zero-order valence-corrected chi connectivity index (χ0v) is 12.3. The molecule has 0 amide bonds. The van der Waals surface area contributed by atoms with Crippen molar-refractivity contribution in [2.75, 3.05) is 29.9 Å². The monoisotopic (exact) mass is 286 g/mol. The molecule has 3 N–H and O–H groups in total. The Labute approximate surface area is 125 Å². The molecule has 4 nitrogen and oxygen atoms in total. The smallest absolute Gasteiger partial charge is 0.115 e. The van der Waals surface area contributed by atoms with Crippen LogP contribution in [0, 0.1) is 0 Å². The van der Waals surface area contributed by atoms with Crippen LogP contribution in [0.2, 0.25) is 0 Å². The fourth-order valence-electron chi connectivity index (χ4n) is 2.25. The standard InChI is InChI=1S/C17H22N2O2/c1-2-19(10-11-20)16-8-6-15(7-9-16)18-13-14-4-3-5-17(21)12-14/h3-9,12,18,20-21H,2,10-11,13H2,1H3. The molecular weight excluding hydrogens is 264 g/mol. The lowest BCUT2D eigenvalue weighted by atomic mass is 10.2. The van der Waals surface area contributed by atoms with Gasteiger partial charge in [0.15, 0.2) is 0 Å². The van der Waals surface area contributed by atoms with Crippen LogP contribution in [0.5, 0.6) is 5.75 Å². The van der Waals surface area contributed by atoms with Gasteiger partial charge >= 0.3 is 0 Å². The van der Waals surface area contributed by atoms with Gasteiger partial charge in [-0.25, -0.2) is 0 Å². The van der Waals surface area contributed by atoms with Crippen molar-refractivity contribution in [2.24, 2.45) is 0 Å². The lowest BCUT2D eigenvalue weighted by molar-refractivity contribution is 0.302. The Morgan fingerprint density at radius 1 is 1.10 bits per heavy atom. The maximum atomic E-state index is 9.43. The van der Waals surface area contributed by atoms with Gasteiger partial charge in [-0.3, -0.25) is 0 Å². The molecule has 4 heteroatoms. The van der Waals surface area contributed by atoms with Crippen molar-refractivity contribution >= 4 is 11.4 Å². The maximum Gasteiger partial charge on any atom is 0.115 e. The first-order valence-corrected chi connectivity index (χ1v) is 7.20. The molecule has 0 aliphatic carbocycles. The fourth-order valence-corrected chi connectivity index (χ4v) is 2.25. The molecule has 0 atom stereocenters. The average molecular weight is 286 g/mol. The maximum absolute atomic E-state index is 9.43. The third kappa shape index (κ3) is 4.39. The molecule has 0 unspecified atom stereocenters. The number of nitrogens with one attached hydrogen (secondary N) is 1. The number of aromatic hydroxyl groups is 1. The first-order valence-electron chi connectivity index (χ1n) is 7.20. The summed E-state index contributed by atoms with van der Waals surface area (Å²) in [6.45, 7) is 4.42. The SMILES string of the molecule is CCN(CCO)c1ccc(NCc2cccc(O)c2)cc1. The topological polar surface area (TPSA) is 55.7 Å². The molecule has 0 spiro atoms. The average Bonchev–Trinajstić information content (AvgIpc) is 2.51. The highest BCUT2D eigenvalue weighted by Gasteiger charge is 2.03. The molecule has 0 aliphatic heterocycles. The van der Waals surface area contributed by atoms with E-state index in [4.69, 9.17) is 5.11 Å². The molecule has 2 rings (SSSR count). The third-order valence-corrected chi connectivity index (χ3v) is 3.39. The summed E-state index contributed by atoms with van der Waals surface area (Å²) in [5.74, 6) is 0.284. The highest BCUT2D eigenvalue weighted by Crippen LogP contribution is 2.19. The molecule has 2 aromatic carbocycles. The third-order valence-electron chi connectivity index (χ3n) is 3.39. The summed E-state index contributed by atoms with van der Waals surface area (Å²) in [5, 5.41) is 21.8. The second-order valence-electron chi connectivity index (χ2n) is 4.87. The Kier molecular flexibility index (Phi) is 5.46. The van der Waals surface area contributed by atoms with E-state index in [1.807, 2.05) is 36.4 Å². The van der Waals surface area contributed by atoms with E-state index >= 15 is 0 Å². The van der Waals surface area contributed by atoms with Gasteiger partial charge in [0.05, 0.1) is 6.61 Å². The number of phenolic OH excluding ortho intramolecular Hbond substituents is 1. The number of nitrogens with zero attached hydrogens (tertiary/aromatic N) is 1. The minimum Gasteiger partial charge on any atom is -0.508 e. The van der Waals surface area contributed by atoms with E-state index in [1.54, 1.807) is 12.1 Å². The zero-order valence-electron chi connectivity index (χ0n) is 12.3. The minimum absolute atomic E-state index is 0.158. The Morgan fingerprint density at radius 3 is 2.48 bits per heavy atom. The summed E-state index contributed by atoms with van der Waals surface area (Å²) < 4.78 is 0. The number of aliphatic hydroxyl groups excluding tert-OH is 1. The number of rotatable bonds is 7. The molecule has 0 fully saturated rings. The predicted molar refractivity (Wildman–Crippen MR) is 86.8 cm³/mol. The van der Waals surface area contributed by atoms with Gasteiger partial charge in [-0.2, -0.15) is 0 Å². The molecule has 2 aromatic rings. The second kappa shape index (κ2) is 7.55. The van der Waals surface area contributed by atoms with Crippen LogP contribution in [0.1, 0.15) is 12.5 Å². The summed E-state index contributed by atoms with van der Waals surface area (Å²) in [6, 6.07) is 15.4. The van der Waals surface area contributed by atoms with E-state index in [0.29, 0.717) is 13.1 Å².